The van der Waals surface area contributed by atoms with Crippen molar-refractivity contribution < 1.29 is 9.18 Å². The lowest BCUT2D eigenvalue weighted by Gasteiger charge is -2.33. The monoisotopic (exact) mass is 457 g/mol. The molecule has 1 atom stereocenters. The maximum absolute atomic E-state index is 13.1. The predicted molar refractivity (Wildman–Crippen MR) is 116 cm³/mol. The average molecular weight is 458 g/mol. The summed E-state index contributed by atoms with van der Waals surface area (Å²) in [6.45, 7) is 2.38. The van der Waals surface area contributed by atoms with E-state index in [1.807, 2.05) is 13.0 Å². The number of hydrogen-bond donors (Lipinski definition) is 3. The molecule has 4 heterocycles. The number of hydrogen-bond acceptors (Lipinski definition) is 8. The van der Waals surface area contributed by atoms with Gasteiger partial charge in [0.05, 0.1) is 17.6 Å². The Balaban J connectivity index is 1.37. The average Bonchev–Trinajstić information content (AvgIpc) is 3.38. The molecule has 10 nitrogen and oxygen atoms in total. The summed E-state index contributed by atoms with van der Waals surface area (Å²) in [6, 6.07) is 4.59. The molecule has 1 aliphatic carbocycles. The van der Waals surface area contributed by atoms with E-state index in [2.05, 4.69) is 40.8 Å². The van der Waals surface area contributed by atoms with E-state index in [0.29, 0.717) is 36.3 Å². The van der Waals surface area contributed by atoms with Crippen molar-refractivity contribution in [3.8, 4) is 0 Å². The number of rotatable bonds is 6. The lowest BCUT2D eigenvalue weighted by Crippen LogP contribution is -2.51. The van der Waals surface area contributed by atoms with Crippen LogP contribution in [0.4, 0.5) is 27.8 Å². The summed E-state index contributed by atoms with van der Waals surface area (Å²) in [6.07, 6.45) is 4.93. The molecule has 12 heteroatoms. The van der Waals surface area contributed by atoms with Gasteiger partial charge in [-0.2, -0.15) is 24.4 Å². The summed E-state index contributed by atoms with van der Waals surface area (Å²) in [7, 11) is 0. The van der Waals surface area contributed by atoms with E-state index in [1.165, 1.54) is 18.3 Å². The number of anilines is 4. The maximum atomic E-state index is 13.1. The molecule has 1 aliphatic heterocycles. The molecule has 3 aromatic heterocycles. The second-order valence-electron chi connectivity index (χ2n) is 8.19. The van der Waals surface area contributed by atoms with Crippen molar-refractivity contribution >= 4 is 40.9 Å². The van der Waals surface area contributed by atoms with Crippen LogP contribution in [-0.4, -0.2) is 48.1 Å². The first-order valence-corrected chi connectivity index (χ1v) is 10.7. The van der Waals surface area contributed by atoms with Gasteiger partial charge in [0.25, 0.3) is 0 Å². The van der Waals surface area contributed by atoms with Crippen LogP contribution in [0.25, 0.3) is 0 Å². The van der Waals surface area contributed by atoms with E-state index in [-0.39, 0.29) is 17.1 Å². The van der Waals surface area contributed by atoms with Crippen molar-refractivity contribution in [3.63, 3.8) is 0 Å². The van der Waals surface area contributed by atoms with Crippen molar-refractivity contribution in [3.05, 3.63) is 41.3 Å². The SMILES string of the molecule is C[C@@]1(C(=O)Nc2ccc(F)nc2)CCCN1c1nc(Cl)nc(Nc2cc(C3CC3)n[nH]2)n1. The van der Waals surface area contributed by atoms with Crippen molar-refractivity contribution in [2.45, 2.75) is 44.1 Å². The van der Waals surface area contributed by atoms with Crippen molar-refractivity contribution in [2.24, 2.45) is 0 Å². The summed E-state index contributed by atoms with van der Waals surface area (Å²) in [5, 5.41) is 13.1. The van der Waals surface area contributed by atoms with Crippen LogP contribution in [0.3, 0.4) is 0 Å². The second-order valence-corrected chi connectivity index (χ2v) is 8.52. The zero-order valence-electron chi connectivity index (χ0n) is 17.3. The number of aromatic nitrogens is 6. The van der Waals surface area contributed by atoms with Gasteiger partial charge in [0, 0.05) is 18.5 Å². The van der Waals surface area contributed by atoms with Gasteiger partial charge in [0.1, 0.15) is 11.4 Å². The molecule has 166 valence electrons. The van der Waals surface area contributed by atoms with Crippen LogP contribution in [0.1, 0.15) is 44.2 Å². The van der Waals surface area contributed by atoms with Crippen molar-refractivity contribution in [1.29, 1.82) is 0 Å². The molecule has 0 unspecified atom stereocenters. The Labute approximate surface area is 188 Å². The van der Waals surface area contributed by atoms with E-state index in [0.717, 1.165) is 25.0 Å². The van der Waals surface area contributed by atoms with Crippen LogP contribution in [0.5, 0.6) is 0 Å². The van der Waals surface area contributed by atoms with Crippen LogP contribution in [-0.2, 0) is 4.79 Å². The molecule has 1 amide bonds. The van der Waals surface area contributed by atoms with E-state index in [4.69, 9.17) is 11.6 Å². The number of H-pyrrole nitrogens is 1. The standard InChI is InChI=1S/C20H21ClFN9O/c1-20(16(32)24-12-5-6-14(22)23-10-12)7-2-8-31(20)19-27-17(21)26-18(28-19)25-15-9-13(29-30-15)11-3-4-11/h5-6,9-11H,2-4,7-8H2,1H3,(H,24,32)(H2,25,26,27,28,29,30)/t20-/m0/s1. The van der Waals surface area contributed by atoms with E-state index in [9.17, 15) is 9.18 Å². The van der Waals surface area contributed by atoms with Crippen molar-refractivity contribution in [2.75, 3.05) is 22.1 Å². The number of carbonyl (C=O) groups excluding carboxylic acids is 1. The number of pyridine rings is 1. The third-order valence-electron chi connectivity index (χ3n) is 5.79. The molecule has 1 saturated carbocycles. The van der Waals surface area contributed by atoms with Gasteiger partial charge >= 0.3 is 0 Å². The van der Waals surface area contributed by atoms with Crippen LogP contribution < -0.4 is 15.5 Å². The largest absolute Gasteiger partial charge is 0.326 e. The Kier molecular flexibility index (Phi) is 5.12. The molecule has 0 bridgehead atoms. The Hall–Kier alpha value is -3.34. The minimum Gasteiger partial charge on any atom is -0.326 e. The van der Waals surface area contributed by atoms with E-state index < -0.39 is 11.5 Å². The van der Waals surface area contributed by atoms with Crippen LogP contribution in [0.15, 0.2) is 24.4 Å². The molecule has 32 heavy (non-hydrogen) atoms. The fourth-order valence-corrected chi connectivity index (χ4v) is 4.02. The predicted octanol–water partition coefficient (Wildman–Crippen LogP) is 3.40. The summed E-state index contributed by atoms with van der Waals surface area (Å²) >= 11 is 6.18. The van der Waals surface area contributed by atoms with Gasteiger partial charge in [-0.05, 0) is 56.3 Å². The van der Waals surface area contributed by atoms with Gasteiger partial charge in [-0.3, -0.25) is 9.89 Å². The summed E-state index contributed by atoms with van der Waals surface area (Å²) in [5.41, 5.74) is 0.488. The Morgan fingerprint density at radius 1 is 1.31 bits per heavy atom. The van der Waals surface area contributed by atoms with E-state index in [1.54, 1.807) is 4.90 Å². The zero-order valence-corrected chi connectivity index (χ0v) is 18.0. The normalized spacial score (nSPS) is 20.4. The Bertz CT molecular complexity index is 1150. The molecule has 3 aromatic rings. The Morgan fingerprint density at radius 3 is 2.91 bits per heavy atom. The second kappa shape index (κ2) is 7.97. The molecule has 0 radical (unpaired) electrons. The molecular weight excluding hydrogens is 437 g/mol. The number of amides is 1. The fraction of sp³-hybridized carbons (Fsp3) is 0.400. The highest BCUT2D eigenvalue weighted by Gasteiger charge is 2.45. The molecule has 1 saturated heterocycles. The summed E-state index contributed by atoms with van der Waals surface area (Å²) < 4.78 is 13.1. The van der Waals surface area contributed by atoms with Crippen LogP contribution >= 0.6 is 11.6 Å². The number of carbonyl (C=O) groups is 1. The first kappa shape index (κ1) is 20.6. The van der Waals surface area contributed by atoms with Gasteiger partial charge in [-0.25, -0.2) is 4.98 Å². The van der Waals surface area contributed by atoms with Gasteiger partial charge in [-0.15, -0.1) is 0 Å². The minimum atomic E-state index is -0.927. The quantitative estimate of drug-likeness (QED) is 0.481. The highest BCUT2D eigenvalue weighted by Crippen LogP contribution is 2.39. The maximum Gasteiger partial charge on any atom is 0.250 e. The van der Waals surface area contributed by atoms with Gasteiger partial charge in [0.15, 0.2) is 0 Å². The molecule has 2 fully saturated rings. The Morgan fingerprint density at radius 2 is 2.16 bits per heavy atom. The molecule has 0 spiro atoms. The lowest BCUT2D eigenvalue weighted by atomic mass is 9.97. The molecule has 5 rings (SSSR count). The number of halogens is 2. The third-order valence-corrected chi connectivity index (χ3v) is 5.96. The highest BCUT2D eigenvalue weighted by molar-refractivity contribution is 6.28. The molecule has 2 aliphatic rings. The van der Waals surface area contributed by atoms with Crippen LogP contribution in [0, 0.1) is 5.95 Å². The summed E-state index contributed by atoms with van der Waals surface area (Å²) in [5.74, 6) is 0.839. The first-order valence-electron chi connectivity index (χ1n) is 10.4. The summed E-state index contributed by atoms with van der Waals surface area (Å²) in [4.78, 5) is 31.4. The smallest absolute Gasteiger partial charge is 0.250 e. The highest BCUT2D eigenvalue weighted by atomic mass is 35.5. The lowest BCUT2D eigenvalue weighted by molar-refractivity contribution is -0.120. The van der Waals surface area contributed by atoms with Gasteiger partial charge in [-0.1, -0.05) is 0 Å². The fourth-order valence-electron chi connectivity index (χ4n) is 3.86. The molecule has 3 N–H and O–H groups in total. The number of aromatic amines is 1. The first-order chi connectivity index (χ1) is 15.4. The molecular formula is C20H21ClFN9O. The van der Waals surface area contributed by atoms with E-state index >= 15 is 0 Å². The van der Waals surface area contributed by atoms with Crippen molar-refractivity contribution in [1.82, 2.24) is 30.1 Å². The van der Waals surface area contributed by atoms with Gasteiger partial charge in [0.2, 0.25) is 29.0 Å². The zero-order chi connectivity index (χ0) is 22.3. The third kappa shape index (κ3) is 4.07. The number of nitrogens with one attached hydrogen (secondary N) is 3. The topological polar surface area (TPSA) is 125 Å². The molecule has 0 aromatic carbocycles. The number of nitrogens with zero attached hydrogens (tertiary/aromatic N) is 6. The van der Waals surface area contributed by atoms with Gasteiger partial charge < -0.3 is 15.5 Å². The minimum absolute atomic E-state index is 0.0109. The van der Waals surface area contributed by atoms with Crippen LogP contribution in [0.2, 0.25) is 5.28 Å².